The second-order valence-electron chi connectivity index (χ2n) is 9.35. The molecule has 1 heterocycles. The lowest BCUT2D eigenvalue weighted by molar-refractivity contribution is -0.134. The van der Waals surface area contributed by atoms with Crippen molar-refractivity contribution in [3.63, 3.8) is 0 Å². The Bertz CT molecular complexity index is 1330. The average molecular weight is 447 g/mol. The quantitative estimate of drug-likeness (QED) is 0.576. The first kappa shape index (κ1) is 19.8. The molecule has 6 rings (SSSR count). The van der Waals surface area contributed by atoms with Gasteiger partial charge in [-0.2, -0.15) is 0 Å². The summed E-state index contributed by atoms with van der Waals surface area (Å²) in [6, 6.07) is 19.8. The summed E-state index contributed by atoms with van der Waals surface area (Å²) < 4.78 is 27.9. The fraction of sp³-hybridized carbons (Fsp3) is 0.346. The Hall–Kier alpha value is -2.86. The largest absolute Gasteiger partial charge is 0.335 e. The maximum Gasteiger partial charge on any atom is 0.265 e. The zero-order chi connectivity index (χ0) is 22.0. The number of amides is 1. The maximum absolute atomic E-state index is 13.5. The number of nitrogens with zero attached hydrogens (tertiary/aromatic N) is 2. The second-order valence-corrected chi connectivity index (χ2v) is 11.2. The predicted octanol–water partition coefficient (Wildman–Crippen LogP) is 4.59. The minimum absolute atomic E-state index is 0.0749. The summed E-state index contributed by atoms with van der Waals surface area (Å²) in [7, 11) is -3.72. The standard InChI is InChI=1S/C26H26N2O3S/c1-17-6-2-3-9-22(17)19-14-21(15-19)28(20-12-13-20)25(29)16-27-23-10-4-7-18-8-5-11-24(26(18)23)32(27,30)31/h2-11,19-21H,12-16H2,1H3. The van der Waals surface area contributed by atoms with Gasteiger partial charge in [-0.15, -0.1) is 0 Å². The van der Waals surface area contributed by atoms with Gasteiger partial charge in [0.1, 0.15) is 6.54 Å². The van der Waals surface area contributed by atoms with Crippen LogP contribution in [0, 0.1) is 6.92 Å². The van der Waals surface area contributed by atoms with E-state index in [9.17, 15) is 13.2 Å². The highest BCUT2D eigenvalue weighted by Gasteiger charge is 2.45. The number of sulfonamides is 1. The molecule has 3 aliphatic rings. The summed E-state index contributed by atoms with van der Waals surface area (Å²) in [6.07, 6.45) is 3.94. The molecule has 1 amide bonds. The topological polar surface area (TPSA) is 57.7 Å². The van der Waals surface area contributed by atoms with Crippen molar-refractivity contribution in [2.75, 3.05) is 10.8 Å². The molecule has 0 bridgehead atoms. The fourth-order valence-corrected chi connectivity index (χ4v) is 7.16. The minimum atomic E-state index is -3.72. The number of hydrogen-bond acceptors (Lipinski definition) is 3. The van der Waals surface area contributed by atoms with Gasteiger partial charge in [-0.25, -0.2) is 8.42 Å². The van der Waals surface area contributed by atoms with Gasteiger partial charge < -0.3 is 4.90 Å². The molecule has 0 aromatic heterocycles. The highest BCUT2D eigenvalue weighted by molar-refractivity contribution is 7.93. The Balaban J connectivity index is 1.25. The number of benzene rings is 3. The molecule has 0 N–H and O–H groups in total. The van der Waals surface area contributed by atoms with Crippen molar-refractivity contribution in [1.29, 1.82) is 0 Å². The monoisotopic (exact) mass is 446 g/mol. The second kappa shape index (κ2) is 7.07. The molecule has 2 fully saturated rings. The molecule has 5 nitrogen and oxygen atoms in total. The van der Waals surface area contributed by atoms with Crippen LogP contribution in [-0.4, -0.2) is 37.9 Å². The lowest BCUT2D eigenvalue weighted by Gasteiger charge is -2.44. The molecule has 2 aliphatic carbocycles. The average Bonchev–Trinajstić information content (AvgIpc) is 3.56. The van der Waals surface area contributed by atoms with Gasteiger partial charge in [0.05, 0.1) is 10.6 Å². The van der Waals surface area contributed by atoms with Gasteiger partial charge in [0.2, 0.25) is 5.91 Å². The van der Waals surface area contributed by atoms with E-state index in [0.717, 1.165) is 36.5 Å². The molecule has 0 radical (unpaired) electrons. The Morgan fingerprint density at radius 3 is 2.41 bits per heavy atom. The molecular weight excluding hydrogens is 420 g/mol. The van der Waals surface area contributed by atoms with Crippen LogP contribution in [0.4, 0.5) is 5.69 Å². The first-order chi connectivity index (χ1) is 15.4. The molecule has 6 heteroatoms. The Kier molecular flexibility index (Phi) is 4.37. The van der Waals surface area contributed by atoms with Crippen LogP contribution in [0.3, 0.4) is 0 Å². The first-order valence-corrected chi connectivity index (χ1v) is 12.8. The van der Waals surface area contributed by atoms with Gasteiger partial charge in [0.25, 0.3) is 10.0 Å². The zero-order valence-corrected chi connectivity index (χ0v) is 18.9. The van der Waals surface area contributed by atoms with E-state index in [1.807, 2.05) is 29.2 Å². The molecular formula is C26H26N2O3S. The molecule has 0 spiro atoms. The van der Waals surface area contributed by atoms with Crippen molar-refractivity contribution in [3.05, 3.63) is 71.8 Å². The Labute approximate surface area is 188 Å². The van der Waals surface area contributed by atoms with Gasteiger partial charge in [-0.05, 0) is 67.2 Å². The van der Waals surface area contributed by atoms with E-state index in [4.69, 9.17) is 0 Å². The molecule has 0 atom stereocenters. The van der Waals surface area contributed by atoms with Crippen molar-refractivity contribution in [1.82, 2.24) is 4.90 Å². The van der Waals surface area contributed by atoms with Gasteiger partial charge in [0, 0.05) is 17.5 Å². The molecule has 0 saturated heterocycles. The molecule has 0 unspecified atom stereocenters. The third kappa shape index (κ3) is 2.96. The Morgan fingerprint density at radius 2 is 1.69 bits per heavy atom. The van der Waals surface area contributed by atoms with Crippen LogP contribution >= 0.6 is 0 Å². The van der Waals surface area contributed by atoms with Crippen LogP contribution in [0.25, 0.3) is 10.8 Å². The van der Waals surface area contributed by atoms with Gasteiger partial charge in [-0.1, -0.05) is 48.5 Å². The van der Waals surface area contributed by atoms with E-state index < -0.39 is 10.0 Å². The highest BCUT2D eigenvalue weighted by Crippen LogP contribution is 2.46. The molecule has 3 aromatic carbocycles. The van der Waals surface area contributed by atoms with Gasteiger partial charge in [0.15, 0.2) is 0 Å². The number of hydrogen-bond donors (Lipinski definition) is 0. The van der Waals surface area contributed by atoms with Crippen molar-refractivity contribution < 1.29 is 13.2 Å². The van der Waals surface area contributed by atoms with Crippen molar-refractivity contribution in [2.24, 2.45) is 0 Å². The third-order valence-corrected chi connectivity index (χ3v) is 9.13. The van der Waals surface area contributed by atoms with Crippen molar-refractivity contribution in [3.8, 4) is 0 Å². The van der Waals surface area contributed by atoms with E-state index in [1.54, 1.807) is 12.1 Å². The van der Waals surface area contributed by atoms with Crippen molar-refractivity contribution in [2.45, 2.75) is 55.5 Å². The van der Waals surface area contributed by atoms with E-state index in [2.05, 4.69) is 31.2 Å². The lowest BCUT2D eigenvalue weighted by atomic mass is 9.73. The SMILES string of the molecule is Cc1ccccc1C1CC(N(C(=O)CN2c3cccc4cccc(c34)S2(=O)=O)C2CC2)C1. The fourth-order valence-electron chi connectivity index (χ4n) is 5.50. The van der Waals surface area contributed by atoms with E-state index >= 15 is 0 Å². The predicted molar refractivity (Wildman–Crippen MR) is 125 cm³/mol. The zero-order valence-electron chi connectivity index (χ0n) is 18.1. The third-order valence-electron chi connectivity index (χ3n) is 7.32. The first-order valence-electron chi connectivity index (χ1n) is 11.4. The molecule has 2 saturated carbocycles. The molecule has 164 valence electrons. The van der Waals surface area contributed by atoms with Crippen LogP contribution in [0.15, 0.2) is 65.6 Å². The van der Waals surface area contributed by atoms with E-state index in [1.165, 1.54) is 15.4 Å². The number of aryl methyl sites for hydroxylation is 1. The number of anilines is 1. The molecule has 1 aliphatic heterocycles. The normalized spacial score (nSPS) is 23.2. The van der Waals surface area contributed by atoms with Crippen LogP contribution in [-0.2, 0) is 14.8 Å². The smallest absolute Gasteiger partial charge is 0.265 e. The summed E-state index contributed by atoms with van der Waals surface area (Å²) >= 11 is 0. The number of rotatable bonds is 5. The van der Waals surface area contributed by atoms with Crippen LogP contribution in [0.1, 0.15) is 42.7 Å². The molecule has 32 heavy (non-hydrogen) atoms. The highest BCUT2D eigenvalue weighted by atomic mass is 32.2. The minimum Gasteiger partial charge on any atom is -0.335 e. The Morgan fingerprint density at radius 1 is 0.969 bits per heavy atom. The lowest BCUT2D eigenvalue weighted by Crippen LogP contribution is -2.52. The van der Waals surface area contributed by atoms with Crippen molar-refractivity contribution >= 4 is 32.4 Å². The van der Waals surface area contributed by atoms with E-state index in [0.29, 0.717) is 16.5 Å². The maximum atomic E-state index is 13.5. The van der Waals surface area contributed by atoms with Crippen LogP contribution in [0.2, 0.25) is 0 Å². The van der Waals surface area contributed by atoms with Crippen LogP contribution < -0.4 is 4.31 Å². The van der Waals surface area contributed by atoms with Gasteiger partial charge >= 0.3 is 0 Å². The van der Waals surface area contributed by atoms with E-state index in [-0.39, 0.29) is 24.5 Å². The molecule has 3 aromatic rings. The summed E-state index contributed by atoms with van der Waals surface area (Å²) in [6.45, 7) is 2.02. The summed E-state index contributed by atoms with van der Waals surface area (Å²) in [5.74, 6) is 0.401. The number of carbonyl (C=O) groups excluding carboxylic acids is 1. The van der Waals surface area contributed by atoms with Gasteiger partial charge in [-0.3, -0.25) is 9.10 Å². The van der Waals surface area contributed by atoms with Crippen LogP contribution in [0.5, 0.6) is 0 Å². The summed E-state index contributed by atoms with van der Waals surface area (Å²) in [5, 5.41) is 1.61. The number of carbonyl (C=O) groups is 1. The summed E-state index contributed by atoms with van der Waals surface area (Å²) in [5.41, 5.74) is 3.29. The summed E-state index contributed by atoms with van der Waals surface area (Å²) in [4.78, 5) is 15.8.